The van der Waals surface area contributed by atoms with Crippen LogP contribution in [0, 0.1) is 5.92 Å². The van der Waals surface area contributed by atoms with Crippen LogP contribution < -0.4 is 10.1 Å². The van der Waals surface area contributed by atoms with Crippen LogP contribution in [0.3, 0.4) is 0 Å². The number of hydrogen-bond donors (Lipinski definition) is 1. The number of benzene rings is 1. The molecule has 1 aliphatic heterocycles. The Morgan fingerprint density at radius 2 is 2.00 bits per heavy atom. The zero-order valence-corrected chi connectivity index (χ0v) is 12.9. The summed E-state index contributed by atoms with van der Waals surface area (Å²) in [6.07, 6.45) is 2.70. The number of ether oxygens (including phenoxy) is 2. The standard InChI is InChI=1S/C17H27NO2/c1-13(2)20-17-8-6-16(7-9-17)14(3)18-11-15-5-4-10-19-12-15/h6-9,13-15,18H,4-5,10-12H2,1-3H3. The molecule has 0 aromatic heterocycles. The van der Waals surface area contributed by atoms with E-state index in [1.54, 1.807) is 0 Å². The highest BCUT2D eigenvalue weighted by molar-refractivity contribution is 5.29. The molecule has 0 amide bonds. The fraction of sp³-hybridized carbons (Fsp3) is 0.647. The Balaban J connectivity index is 1.80. The normalized spacial score (nSPS) is 20.9. The van der Waals surface area contributed by atoms with Gasteiger partial charge in [0.15, 0.2) is 0 Å². The second-order valence-electron chi connectivity index (χ2n) is 5.95. The van der Waals surface area contributed by atoms with Gasteiger partial charge < -0.3 is 14.8 Å². The molecule has 0 bridgehead atoms. The first-order valence-electron chi connectivity index (χ1n) is 7.73. The van der Waals surface area contributed by atoms with E-state index in [2.05, 4.69) is 36.5 Å². The van der Waals surface area contributed by atoms with Crippen LogP contribution in [0.4, 0.5) is 0 Å². The van der Waals surface area contributed by atoms with E-state index >= 15 is 0 Å². The highest BCUT2D eigenvalue weighted by Gasteiger charge is 2.15. The highest BCUT2D eigenvalue weighted by Crippen LogP contribution is 2.19. The largest absolute Gasteiger partial charge is 0.491 e. The van der Waals surface area contributed by atoms with Crippen LogP contribution in [-0.2, 0) is 4.74 Å². The molecular formula is C17H27NO2. The lowest BCUT2D eigenvalue weighted by molar-refractivity contribution is 0.0540. The first-order valence-corrected chi connectivity index (χ1v) is 7.73. The zero-order valence-electron chi connectivity index (χ0n) is 12.9. The Morgan fingerprint density at radius 3 is 2.60 bits per heavy atom. The third kappa shape index (κ3) is 4.80. The summed E-state index contributed by atoms with van der Waals surface area (Å²) in [7, 11) is 0. The molecule has 1 aromatic rings. The van der Waals surface area contributed by atoms with E-state index in [1.165, 1.54) is 18.4 Å². The van der Waals surface area contributed by atoms with E-state index in [0.717, 1.165) is 25.5 Å². The monoisotopic (exact) mass is 277 g/mol. The van der Waals surface area contributed by atoms with Crippen LogP contribution in [0.5, 0.6) is 5.75 Å². The third-order valence-corrected chi connectivity index (χ3v) is 3.72. The Hall–Kier alpha value is -1.06. The van der Waals surface area contributed by atoms with Gasteiger partial charge in [-0.15, -0.1) is 0 Å². The van der Waals surface area contributed by atoms with Crippen LogP contribution in [0.25, 0.3) is 0 Å². The van der Waals surface area contributed by atoms with Crippen LogP contribution in [0.1, 0.15) is 45.2 Å². The van der Waals surface area contributed by atoms with E-state index in [-0.39, 0.29) is 6.10 Å². The molecule has 20 heavy (non-hydrogen) atoms. The number of hydrogen-bond acceptors (Lipinski definition) is 3. The van der Waals surface area contributed by atoms with Crippen molar-refractivity contribution in [2.45, 2.75) is 45.8 Å². The van der Waals surface area contributed by atoms with E-state index in [4.69, 9.17) is 9.47 Å². The minimum Gasteiger partial charge on any atom is -0.491 e. The lowest BCUT2D eigenvalue weighted by Crippen LogP contribution is -2.30. The summed E-state index contributed by atoms with van der Waals surface area (Å²) in [5.41, 5.74) is 1.30. The van der Waals surface area contributed by atoms with Crippen LogP contribution in [-0.4, -0.2) is 25.9 Å². The molecule has 1 saturated heterocycles. The van der Waals surface area contributed by atoms with Gasteiger partial charge in [-0.05, 0) is 57.2 Å². The second-order valence-corrected chi connectivity index (χ2v) is 5.95. The average Bonchev–Trinajstić information content (AvgIpc) is 2.46. The van der Waals surface area contributed by atoms with Gasteiger partial charge in [-0.2, -0.15) is 0 Å². The van der Waals surface area contributed by atoms with Gasteiger partial charge in [-0.25, -0.2) is 0 Å². The molecule has 2 atom stereocenters. The molecule has 1 aliphatic rings. The maximum absolute atomic E-state index is 5.67. The third-order valence-electron chi connectivity index (χ3n) is 3.72. The first kappa shape index (κ1) is 15.3. The molecular weight excluding hydrogens is 250 g/mol. The molecule has 2 rings (SSSR count). The minimum atomic E-state index is 0.225. The van der Waals surface area contributed by atoms with Crippen molar-refractivity contribution in [2.24, 2.45) is 5.92 Å². The number of rotatable bonds is 6. The molecule has 1 N–H and O–H groups in total. The Bertz CT molecular complexity index is 382. The summed E-state index contributed by atoms with van der Waals surface area (Å²) < 4.78 is 11.2. The summed E-state index contributed by atoms with van der Waals surface area (Å²) in [6, 6.07) is 8.76. The quantitative estimate of drug-likeness (QED) is 0.862. The van der Waals surface area contributed by atoms with Crippen LogP contribution in [0.2, 0.25) is 0 Å². The van der Waals surface area contributed by atoms with E-state index < -0.39 is 0 Å². The average molecular weight is 277 g/mol. The van der Waals surface area contributed by atoms with Gasteiger partial charge in [0.1, 0.15) is 5.75 Å². The Morgan fingerprint density at radius 1 is 1.25 bits per heavy atom. The molecule has 2 unspecified atom stereocenters. The van der Waals surface area contributed by atoms with Crippen molar-refractivity contribution in [1.82, 2.24) is 5.32 Å². The van der Waals surface area contributed by atoms with Crippen molar-refractivity contribution in [3.8, 4) is 5.75 Å². The molecule has 0 spiro atoms. The van der Waals surface area contributed by atoms with Crippen molar-refractivity contribution in [1.29, 1.82) is 0 Å². The predicted molar refractivity (Wildman–Crippen MR) is 82.2 cm³/mol. The van der Waals surface area contributed by atoms with Crippen LogP contribution >= 0.6 is 0 Å². The molecule has 0 saturated carbocycles. The van der Waals surface area contributed by atoms with Gasteiger partial charge in [0.25, 0.3) is 0 Å². The van der Waals surface area contributed by atoms with Gasteiger partial charge in [-0.1, -0.05) is 12.1 Å². The molecule has 1 fully saturated rings. The molecule has 3 heteroatoms. The lowest BCUT2D eigenvalue weighted by Gasteiger charge is -2.24. The summed E-state index contributed by atoms with van der Waals surface area (Å²) in [4.78, 5) is 0. The van der Waals surface area contributed by atoms with Gasteiger partial charge in [0.05, 0.1) is 12.7 Å². The molecule has 1 aromatic carbocycles. The molecule has 0 aliphatic carbocycles. The first-order chi connectivity index (χ1) is 9.65. The summed E-state index contributed by atoms with van der Waals surface area (Å²) >= 11 is 0. The Kier molecular flexibility index (Phi) is 5.86. The minimum absolute atomic E-state index is 0.225. The van der Waals surface area contributed by atoms with E-state index in [1.807, 2.05) is 13.8 Å². The molecule has 112 valence electrons. The van der Waals surface area contributed by atoms with Crippen molar-refractivity contribution < 1.29 is 9.47 Å². The maximum atomic E-state index is 5.67. The summed E-state index contributed by atoms with van der Waals surface area (Å²) in [6.45, 7) is 9.17. The van der Waals surface area contributed by atoms with Crippen molar-refractivity contribution in [3.63, 3.8) is 0 Å². The fourth-order valence-electron chi connectivity index (χ4n) is 2.54. The summed E-state index contributed by atoms with van der Waals surface area (Å²) in [5.74, 6) is 1.60. The highest BCUT2D eigenvalue weighted by atomic mass is 16.5. The zero-order chi connectivity index (χ0) is 14.4. The smallest absolute Gasteiger partial charge is 0.119 e. The Labute approximate surface area is 122 Å². The van der Waals surface area contributed by atoms with Crippen LogP contribution in [0.15, 0.2) is 24.3 Å². The lowest BCUT2D eigenvalue weighted by atomic mass is 10.0. The molecule has 0 radical (unpaired) electrons. The van der Waals surface area contributed by atoms with Gasteiger partial charge in [0, 0.05) is 19.2 Å². The number of nitrogens with one attached hydrogen (secondary N) is 1. The second kappa shape index (κ2) is 7.65. The van der Waals surface area contributed by atoms with Crippen molar-refractivity contribution in [2.75, 3.05) is 19.8 Å². The van der Waals surface area contributed by atoms with Crippen molar-refractivity contribution >= 4 is 0 Å². The summed E-state index contributed by atoms with van der Waals surface area (Å²) in [5, 5.41) is 3.61. The van der Waals surface area contributed by atoms with Gasteiger partial charge in [0.2, 0.25) is 0 Å². The topological polar surface area (TPSA) is 30.5 Å². The SMILES string of the molecule is CC(C)Oc1ccc(C(C)NCC2CCCOC2)cc1. The molecule has 3 nitrogen and oxygen atoms in total. The van der Waals surface area contributed by atoms with E-state index in [9.17, 15) is 0 Å². The fourth-order valence-corrected chi connectivity index (χ4v) is 2.54. The van der Waals surface area contributed by atoms with Crippen molar-refractivity contribution in [3.05, 3.63) is 29.8 Å². The van der Waals surface area contributed by atoms with Gasteiger partial charge >= 0.3 is 0 Å². The maximum Gasteiger partial charge on any atom is 0.119 e. The van der Waals surface area contributed by atoms with E-state index in [0.29, 0.717) is 12.0 Å². The predicted octanol–water partition coefficient (Wildman–Crippen LogP) is 3.55. The molecule has 1 heterocycles. The van der Waals surface area contributed by atoms with Gasteiger partial charge in [-0.3, -0.25) is 0 Å².